The van der Waals surface area contributed by atoms with Crippen LogP contribution in [0.3, 0.4) is 0 Å². The number of halogens is 2. The average molecular weight is 566 g/mol. The van der Waals surface area contributed by atoms with Crippen molar-refractivity contribution in [3.8, 4) is 0 Å². The lowest BCUT2D eigenvalue weighted by Crippen LogP contribution is -2.52. The number of amides is 2. The minimum atomic E-state index is -0.793. The van der Waals surface area contributed by atoms with Crippen LogP contribution in [0.1, 0.15) is 88.2 Å². The van der Waals surface area contributed by atoms with E-state index in [2.05, 4.69) is 33.0 Å². The van der Waals surface area contributed by atoms with Crippen LogP contribution in [0.2, 0.25) is 0 Å². The van der Waals surface area contributed by atoms with E-state index in [9.17, 15) is 18.4 Å². The van der Waals surface area contributed by atoms with Crippen molar-refractivity contribution >= 4 is 23.4 Å². The summed E-state index contributed by atoms with van der Waals surface area (Å²) in [6, 6.07) is 6.85. The highest BCUT2D eigenvalue weighted by molar-refractivity contribution is 6.47. The minimum absolute atomic E-state index is 0.0381. The first-order chi connectivity index (χ1) is 19.4. The van der Waals surface area contributed by atoms with Gasteiger partial charge < -0.3 is 16.0 Å². The van der Waals surface area contributed by atoms with Crippen molar-refractivity contribution in [3.63, 3.8) is 0 Å². The summed E-state index contributed by atoms with van der Waals surface area (Å²) in [7, 11) is 0. The quantitative estimate of drug-likeness (QED) is 0.241. The third-order valence-electron chi connectivity index (χ3n) is 8.08. The zero-order chi connectivity index (χ0) is 29.9. The standard InChI is InChI=1S/C32H41F2N5O2/c1-19(2)5-12-27(22-6-8-23(9-7-22)30(40)37-18-28(35)36)39-31(41)29(24-10-11-25(33)15-26(34)14-24)38-32(39)16-20(3)13-21(4)17-32/h6-9,11,14-15,19-21,27H,5,10,12-13,16-18H2,1-4H3,(H3,35,36)(H,37,40). The van der Waals surface area contributed by atoms with E-state index >= 15 is 0 Å². The summed E-state index contributed by atoms with van der Waals surface area (Å²) >= 11 is 0. The number of nitrogens with zero attached hydrogens (tertiary/aromatic N) is 2. The van der Waals surface area contributed by atoms with Crippen LogP contribution in [-0.4, -0.2) is 40.5 Å². The number of rotatable bonds is 9. The van der Waals surface area contributed by atoms with Gasteiger partial charge in [0, 0.05) is 11.6 Å². The summed E-state index contributed by atoms with van der Waals surface area (Å²) < 4.78 is 28.5. The van der Waals surface area contributed by atoms with Gasteiger partial charge in [-0.3, -0.25) is 20.0 Å². The lowest BCUT2D eigenvalue weighted by atomic mass is 9.75. The molecule has 41 heavy (non-hydrogen) atoms. The van der Waals surface area contributed by atoms with Crippen LogP contribution in [0.4, 0.5) is 8.78 Å². The van der Waals surface area contributed by atoms with E-state index in [4.69, 9.17) is 16.1 Å². The zero-order valence-electron chi connectivity index (χ0n) is 24.3. The number of aliphatic imine (C=N–C) groups is 1. The van der Waals surface area contributed by atoms with Gasteiger partial charge >= 0.3 is 0 Å². The SMILES string of the molecule is CC(C)CCC(c1ccc(C(=O)NCC(=N)N)cc1)N1C(=O)C(C2=CC(F)=CC(F)=CC2)=NC12CC(C)CC(C)C2. The molecule has 2 aliphatic carbocycles. The lowest BCUT2D eigenvalue weighted by molar-refractivity contribution is -0.134. The van der Waals surface area contributed by atoms with Gasteiger partial charge in [-0.15, -0.1) is 0 Å². The van der Waals surface area contributed by atoms with Crippen molar-refractivity contribution in [2.45, 2.75) is 77.9 Å². The van der Waals surface area contributed by atoms with Crippen LogP contribution in [0.25, 0.3) is 0 Å². The number of nitrogens with one attached hydrogen (secondary N) is 2. The molecule has 1 aliphatic heterocycles. The summed E-state index contributed by atoms with van der Waals surface area (Å²) in [5.41, 5.74) is 6.47. The number of benzene rings is 1. The molecule has 1 spiro atoms. The molecule has 1 fully saturated rings. The largest absolute Gasteiger partial charge is 0.386 e. The van der Waals surface area contributed by atoms with E-state index in [1.165, 1.54) is 12.2 Å². The van der Waals surface area contributed by atoms with Crippen molar-refractivity contribution in [2.75, 3.05) is 6.54 Å². The monoisotopic (exact) mass is 565 g/mol. The number of carbonyl (C=O) groups excluding carboxylic acids is 2. The van der Waals surface area contributed by atoms with Crippen LogP contribution in [0.15, 0.2) is 64.7 Å². The van der Waals surface area contributed by atoms with Gasteiger partial charge in [-0.25, -0.2) is 8.78 Å². The Labute approximate surface area is 241 Å². The summed E-state index contributed by atoms with van der Waals surface area (Å²) in [6.45, 7) is 8.59. The first kappa shape index (κ1) is 30.3. The lowest BCUT2D eigenvalue weighted by Gasteiger charge is -2.47. The number of carbonyl (C=O) groups is 2. The van der Waals surface area contributed by atoms with E-state index < -0.39 is 17.3 Å². The molecule has 9 heteroatoms. The molecule has 3 unspecified atom stereocenters. The fourth-order valence-electron chi connectivity index (χ4n) is 6.50. The average Bonchev–Trinajstić information content (AvgIpc) is 3.02. The van der Waals surface area contributed by atoms with Gasteiger partial charge in [-0.1, -0.05) is 39.8 Å². The molecule has 4 rings (SSSR count). The third kappa shape index (κ3) is 7.00. The molecule has 3 atom stereocenters. The number of amidine groups is 1. The molecule has 0 bridgehead atoms. The zero-order valence-corrected chi connectivity index (χ0v) is 24.3. The Hall–Kier alpha value is -3.62. The van der Waals surface area contributed by atoms with Crippen LogP contribution in [0, 0.1) is 23.2 Å². The molecule has 3 aliphatic rings. The summed E-state index contributed by atoms with van der Waals surface area (Å²) in [4.78, 5) is 33.9. The first-order valence-corrected chi connectivity index (χ1v) is 14.5. The van der Waals surface area contributed by atoms with Crippen molar-refractivity contribution < 1.29 is 18.4 Å². The van der Waals surface area contributed by atoms with Gasteiger partial charge in [-0.2, -0.15) is 0 Å². The highest BCUT2D eigenvalue weighted by atomic mass is 19.1. The smallest absolute Gasteiger partial charge is 0.274 e. The van der Waals surface area contributed by atoms with Gasteiger partial charge in [-0.05, 0) is 91.7 Å². The molecule has 1 aromatic rings. The fourth-order valence-corrected chi connectivity index (χ4v) is 6.50. The van der Waals surface area contributed by atoms with Crippen LogP contribution >= 0.6 is 0 Å². The van der Waals surface area contributed by atoms with Gasteiger partial charge in [0.15, 0.2) is 0 Å². The normalized spacial score (nSPS) is 25.3. The Morgan fingerprint density at radius 2 is 1.78 bits per heavy atom. The molecular weight excluding hydrogens is 524 g/mol. The molecule has 0 saturated heterocycles. The predicted molar refractivity (Wildman–Crippen MR) is 158 cm³/mol. The number of hydrogen-bond acceptors (Lipinski definition) is 4. The fraction of sp³-hybridized carbons (Fsp3) is 0.500. The van der Waals surface area contributed by atoms with Crippen molar-refractivity contribution in [2.24, 2.45) is 28.5 Å². The second kappa shape index (κ2) is 12.5. The number of allylic oxidation sites excluding steroid dienone is 5. The number of hydrogen-bond donors (Lipinski definition) is 3. The Morgan fingerprint density at radius 1 is 1.12 bits per heavy atom. The Kier molecular flexibility index (Phi) is 9.24. The van der Waals surface area contributed by atoms with Crippen molar-refractivity contribution in [1.29, 1.82) is 5.41 Å². The summed E-state index contributed by atoms with van der Waals surface area (Å²) in [5, 5.41) is 9.96. The highest BCUT2D eigenvalue weighted by Gasteiger charge is 2.53. The summed E-state index contributed by atoms with van der Waals surface area (Å²) in [5.74, 6) is -1.11. The van der Waals surface area contributed by atoms with Crippen LogP contribution in [0.5, 0.6) is 0 Å². The van der Waals surface area contributed by atoms with E-state index in [0.717, 1.165) is 24.5 Å². The summed E-state index contributed by atoms with van der Waals surface area (Å²) in [6.07, 6.45) is 7.36. The molecule has 0 radical (unpaired) electrons. The molecular formula is C32H41F2N5O2. The van der Waals surface area contributed by atoms with Crippen LogP contribution < -0.4 is 11.1 Å². The van der Waals surface area contributed by atoms with Crippen molar-refractivity contribution in [3.05, 3.63) is 70.8 Å². The van der Waals surface area contributed by atoms with E-state index in [1.54, 1.807) is 12.1 Å². The molecule has 7 nitrogen and oxygen atoms in total. The number of nitrogens with two attached hydrogens (primary N) is 1. The molecule has 1 saturated carbocycles. The molecule has 1 heterocycles. The Balaban J connectivity index is 1.76. The maximum absolute atomic E-state index is 14.5. The molecule has 4 N–H and O–H groups in total. The van der Waals surface area contributed by atoms with Gasteiger partial charge in [0.05, 0.1) is 12.6 Å². The second-order valence-corrected chi connectivity index (χ2v) is 12.3. The highest BCUT2D eigenvalue weighted by Crippen LogP contribution is 2.49. The van der Waals surface area contributed by atoms with E-state index in [1.807, 2.05) is 17.0 Å². The topological polar surface area (TPSA) is 112 Å². The van der Waals surface area contributed by atoms with E-state index in [0.29, 0.717) is 48.2 Å². The van der Waals surface area contributed by atoms with Crippen LogP contribution in [-0.2, 0) is 4.79 Å². The Morgan fingerprint density at radius 3 is 2.39 bits per heavy atom. The molecule has 0 aromatic heterocycles. The van der Waals surface area contributed by atoms with Gasteiger partial charge in [0.25, 0.3) is 11.8 Å². The van der Waals surface area contributed by atoms with E-state index in [-0.39, 0.29) is 42.4 Å². The molecule has 220 valence electrons. The predicted octanol–water partition coefficient (Wildman–Crippen LogP) is 6.30. The maximum Gasteiger partial charge on any atom is 0.274 e. The maximum atomic E-state index is 14.5. The molecule has 1 aromatic carbocycles. The third-order valence-corrected chi connectivity index (χ3v) is 8.08. The van der Waals surface area contributed by atoms with Crippen molar-refractivity contribution in [1.82, 2.24) is 10.2 Å². The minimum Gasteiger partial charge on any atom is -0.386 e. The molecule has 2 amide bonds. The van der Waals surface area contributed by atoms with Gasteiger partial charge in [0.2, 0.25) is 0 Å². The Bertz CT molecular complexity index is 1300. The van der Waals surface area contributed by atoms with Gasteiger partial charge in [0.1, 0.15) is 28.9 Å². The second-order valence-electron chi connectivity index (χ2n) is 12.3. The first-order valence-electron chi connectivity index (χ1n) is 14.5.